The van der Waals surface area contributed by atoms with Crippen LogP contribution < -0.4 is 5.32 Å². The molecular weight excluding hydrogens is 278 g/mol. The molecule has 0 unspecified atom stereocenters. The van der Waals surface area contributed by atoms with Crippen molar-refractivity contribution in [2.75, 3.05) is 5.32 Å². The zero-order valence-electron chi connectivity index (χ0n) is 10.5. The van der Waals surface area contributed by atoms with Crippen LogP contribution in [0.15, 0.2) is 30.3 Å². The molecule has 1 aromatic heterocycles. The summed E-state index contributed by atoms with van der Waals surface area (Å²) in [5.41, 5.74) is 2.12. The summed E-state index contributed by atoms with van der Waals surface area (Å²) < 4.78 is 0. The monoisotopic (exact) mass is 287 g/mol. The number of halogens is 1. The normalized spacial score (nSPS) is 9.85. The summed E-state index contributed by atoms with van der Waals surface area (Å²) in [4.78, 5) is 15.0. The number of benzene rings is 1. The molecule has 0 spiro atoms. The molecule has 0 aliphatic heterocycles. The van der Waals surface area contributed by atoms with Gasteiger partial charge in [0.2, 0.25) is 0 Å². The number of carbonyl (C=O) groups is 1. The number of anilines is 2. The van der Waals surface area contributed by atoms with Crippen LogP contribution in [0.4, 0.5) is 11.5 Å². The van der Waals surface area contributed by atoms with E-state index in [1.807, 2.05) is 13.0 Å². The van der Waals surface area contributed by atoms with Crippen LogP contribution in [-0.2, 0) is 0 Å². The minimum absolute atomic E-state index is 0.0431. The minimum atomic E-state index is -1.08. The first-order chi connectivity index (χ1) is 9.49. The van der Waals surface area contributed by atoms with E-state index in [2.05, 4.69) is 10.3 Å². The van der Waals surface area contributed by atoms with E-state index in [0.29, 0.717) is 17.1 Å². The number of aromatic carboxylic acids is 1. The molecule has 2 aromatic rings. The zero-order chi connectivity index (χ0) is 14.7. The molecule has 5 nitrogen and oxygen atoms in total. The van der Waals surface area contributed by atoms with Crippen LogP contribution in [0, 0.1) is 18.3 Å². The van der Waals surface area contributed by atoms with Gasteiger partial charge >= 0.3 is 5.97 Å². The van der Waals surface area contributed by atoms with Crippen molar-refractivity contribution in [1.82, 2.24) is 4.98 Å². The molecule has 100 valence electrons. The zero-order valence-corrected chi connectivity index (χ0v) is 11.3. The Balaban J connectivity index is 2.40. The second kappa shape index (κ2) is 5.59. The Hall–Kier alpha value is -2.58. The van der Waals surface area contributed by atoms with Crippen LogP contribution in [0.5, 0.6) is 0 Å². The number of pyridine rings is 1. The quantitative estimate of drug-likeness (QED) is 0.845. The molecule has 20 heavy (non-hydrogen) atoms. The molecule has 0 bridgehead atoms. The first-order valence-electron chi connectivity index (χ1n) is 5.68. The van der Waals surface area contributed by atoms with Gasteiger partial charge in [0.05, 0.1) is 17.2 Å². The number of nitrogens with zero attached hydrogens (tertiary/aromatic N) is 2. The molecule has 0 radical (unpaired) electrons. The Labute approximate surface area is 120 Å². The maximum atomic E-state index is 11.0. The van der Waals surface area contributed by atoms with E-state index in [0.717, 1.165) is 5.56 Å². The van der Waals surface area contributed by atoms with E-state index in [9.17, 15) is 4.79 Å². The molecule has 1 aromatic carbocycles. The van der Waals surface area contributed by atoms with Crippen molar-refractivity contribution >= 4 is 29.1 Å². The number of nitrogens with one attached hydrogen (secondary N) is 1. The van der Waals surface area contributed by atoms with Gasteiger partial charge in [0, 0.05) is 5.69 Å². The smallest absolute Gasteiger partial charge is 0.335 e. The van der Waals surface area contributed by atoms with Crippen molar-refractivity contribution in [2.45, 2.75) is 6.92 Å². The van der Waals surface area contributed by atoms with Crippen LogP contribution in [0.1, 0.15) is 21.5 Å². The van der Waals surface area contributed by atoms with Gasteiger partial charge in [-0.25, -0.2) is 9.78 Å². The number of aromatic nitrogens is 1. The molecule has 0 aliphatic rings. The number of rotatable bonds is 3. The van der Waals surface area contributed by atoms with Crippen molar-refractivity contribution in [1.29, 1.82) is 5.26 Å². The van der Waals surface area contributed by atoms with Crippen LogP contribution in [0.3, 0.4) is 0 Å². The van der Waals surface area contributed by atoms with Gasteiger partial charge in [-0.3, -0.25) is 0 Å². The number of carboxylic acid groups (broad SMARTS) is 1. The predicted octanol–water partition coefficient (Wildman–Crippen LogP) is 3.36. The van der Waals surface area contributed by atoms with Gasteiger partial charge in [-0.05, 0) is 36.8 Å². The van der Waals surface area contributed by atoms with Gasteiger partial charge in [0.1, 0.15) is 11.0 Å². The number of aryl methyl sites for hydroxylation is 1. The van der Waals surface area contributed by atoms with Crippen molar-refractivity contribution in [3.63, 3.8) is 0 Å². The fourth-order valence-corrected chi connectivity index (χ4v) is 1.86. The standard InChI is InChI=1S/C14H10ClN3O2/c1-8-2-3-9(7-16)4-11(8)17-13-6-10(14(19)20)5-12(15)18-13/h2-6H,1H3,(H,17,18)(H,19,20). The number of hydrogen-bond donors (Lipinski definition) is 2. The van der Waals surface area contributed by atoms with E-state index >= 15 is 0 Å². The molecule has 0 saturated carbocycles. The van der Waals surface area contributed by atoms with E-state index in [1.165, 1.54) is 12.1 Å². The molecule has 0 atom stereocenters. The largest absolute Gasteiger partial charge is 0.478 e. The maximum absolute atomic E-state index is 11.0. The highest BCUT2D eigenvalue weighted by Gasteiger charge is 2.09. The highest BCUT2D eigenvalue weighted by atomic mass is 35.5. The topological polar surface area (TPSA) is 86.0 Å². The van der Waals surface area contributed by atoms with Gasteiger partial charge < -0.3 is 10.4 Å². The maximum Gasteiger partial charge on any atom is 0.335 e. The minimum Gasteiger partial charge on any atom is -0.478 e. The Morgan fingerprint density at radius 1 is 1.40 bits per heavy atom. The number of carboxylic acids is 1. The lowest BCUT2D eigenvalue weighted by Crippen LogP contribution is -2.01. The third-order valence-corrected chi connectivity index (χ3v) is 2.86. The lowest BCUT2D eigenvalue weighted by molar-refractivity contribution is 0.0697. The molecule has 1 heterocycles. The highest BCUT2D eigenvalue weighted by Crippen LogP contribution is 2.23. The van der Waals surface area contributed by atoms with Gasteiger partial charge in [0.25, 0.3) is 0 Å². The summed E-state index contributed by atoms with van der Waals surface area (Å²) in [6.07, 6.45) is 0. The van der Waals surface area contributed by atoms with E-state index in [4.69, 9.17) is 22.0 Å². The van der Waals surface area contributed by atoms with Crippen molar-refractivity contribution in [3.05, 3.63) is 52.2 Å². The molecule has 2 N–H and O–H groups in total. The number of nitriles is 1. The summed E-state index contributed by atoms with van der Waals surface area (Å²) in [6.45, 7) is 1.87. The molecule has 0 amide bonds. The third-order valence-electron chi connectivity index (χ3n) is 2.67. The summed E-state index contributed by atoms with van der Waals surface area (Å²) in [5.74, 6) is -0.770. The Kier molecular flexibility index (Phi) is 3.87. The fourth-order valence-electron chi connectivity index (χ4n) is 1.65. The van der Waals surface area contributed by atoms with E-state index in [1.54, 1.807) is 18.2 Å². The first-order valence-corrected chi connectivity index (χ1v) is 6.06. The molecule has 0 fully saturated rings. The van der Waals surface area contributed by atoms with Gasteiger partial charge in [-0.2, -0.15) is 5.26 Å². The van der Waals surface area contributed by atoms with Crippen LogP contribution in [0.2, 0.25) is 5.15 Å². The Bertz CT molecular complexity index is 723. The molecule has 0 aliphatic carbocycles. The molecule has 6 heteroatoms. The number of hydrogen-bond acceptors (Lipinski definition) is 4. The highest BCUT2D eigenvalue weighted by molar-refractivity contribution is 6.29. The van der Waals surface area contributed by atoms with Crippen molar-refractivity contribution < 1.29 is 9.90 Å². The Morgan fingerprint density at radius 3 is 2.80 bits per heavy atom. The van der Waals surface area contributed by atoms with Crippen molar-refractivity contribution in [2.24, 2.45) is 0 Å². The fraction of sp³-hybridized carbons (Fsp3) is 0.0714. The average molecular weight is 288 g/mol. The van der Waals surface area contributed by atoms with Crippen LogP contribution >= 0.6 is 11.6 Å². The second-order valence-corrected chi connectivity index (χ2v) is 4.52. The molecule has 0 saturated heterocycles. The van der Waals surface area contributed by atoms with Crippen LogP contribution in [0.25, 0.3) is 0 Å². The first kappa shape index (κ1) is 13.8. The predicted molar refractivity (Wildman–Crippen MR) is 75.4 cm³/mol. The van der Waals surface area contributed by atoms with Gasteiger partial charge in [0.15, 0.2) is 0 Å². The van der Waals surface area contributed by atoms with Crippen molar-refractivity contribution in [3.8, 4) is 6.07 Å². The SMILES string of the molecule is Cc1ccc(C#N)cc1Nc1cc(C(=O)O)cc(Cl)n1. The third kappa shape index (κ3) is 3.05. The Morgan fingerprint density at radius 2 is 2.15 bits per heavy atom. The lowest BCUT2D eigenvalue weighted by Gasteiger charge is -2.10. The van der Waals surface area contributed by atoms with E-state index < -0.39 is 5.97 Å². The average Bonchev–Trinajstić information content (AvgIpc) is 2.40. The lowest BCUT2D eigenvalue weighted by atomic mass is 10.1. The summed E-state index contributed by atoms with van der Waals surface area (Å²) >= 11 is 5.79. The summed E-state index contributed by atoms with van der Waals surface area (Å²) in [7, 11) is 0. The summed E-state index contributed by atoms with van der Waals surface area (Å²) in [6, 6.07) is 9.86. The van der Waals surface area contributed by atoms with Gasteiger partial charge in [-0.1, -0.05) is 17.7 Å². The molecule has 2 rings (SSSR count). The molecular formula is C14H10ClN3O2. The van der Waals surface area contributed by atoms with Crippen LogP contribution in [-0.4, -0.2) is 16.1 Å². The van der Waals surface area contributed by atoms with E-state index in [-0.39, 0.29) is 10.7 Å². The summed E-state index contributed by atoms with van der Waals surface area (Å²) in [5, 5.41) is 20.9. The van der Waals surface area contributed by atoms with Gasteiger partial charge in [-0.15, -0.1) is 0 Å². The second-order valence-electron chi connectivity index (χ2n) is 4.14.